The van der Waals surface area contributed by atoms with E-state index in [-0.39, 0.29) is 30.3 Å². The summed E-state index contributed by atoms with van der Waals surface area (Å²) < 4.78 is 79.5. The van der Waals surface area contributed by atoms with Crippen molar-refractivity contribution < 1.29 is 39.7 Å². The SMILES string of the molecule is CCC(C=C1Oc2ccc(Br)cc2N1CCCS(=O)(=O)O)Cc1oc2ccc(Br)cc2[n+]1CCCS(=O)(=O)O. The first-order valence-corrected chi connectivity index (χ1v) is 17.1. The Hall–Kier alpha value is -1.97. The van der Waals surface area contributed by atoms with Crippen molar-refractivity contribution in [1.82, 2.24) is 0 Å². The molecule has 14 heteroatoms. The van der Waals surface area contributed by atoms with E-state index in [0.717, 1.165) is 26.6 Å². The molecular formula is C25H29Br2N2O8S2+. The second kappa shape index (κ2) is 12.3. The van der Waals surface area contributed by atoms with Gasteiger partial charge >= 0.3 is 5.89 Å². The molecule has 2 aromatic carbocycles. The Labute approximate surface area is 244 Å². The number of aryl methyl sites for hydroxylation is 1. The van der Waals surface area contributed by atoms with Crippen molar-refractivity contribution in [1.29, 1.82) is 0 Å². The van der Waals surface area contributed by atoms with Crippen molar-refractivity contribution in [2.75, 3.05) is 23.0 Å². The first-order chi connectivity index (χ1) is 18.3. The summed E-state index contributed by atoms with van der Waals surface area (Å²) in [6.45, 7) is 2.69. The van der Waals surface area contributed by atoms with E-state index in [1.165, 1.54) is 0 Å². The highest BCUT2D eigenvalue weighted by Crippen LogP contribution is 2.41. The zero-order valence-corrected chi connectivity index (χ0v) is 25.9. The lowest BCUT2D eigenvalue weighted by molar-refractivity contribution is -0.684. The summed E-state index contributed by atoms with van der Waals surface area (Å²) >= 11 is 6.95. The molecule has 0 saturated carbocycles. The fourth-order valence-electron chi connectivity index (χ4n) is 4.49. The highest BCUT2D eigenvalue weighted by Gasteiger charge is 2.30. The number of oxazole rings is 1. The number of rotatable bonds is 12. The topological polar surface area (TPSA) is 138 Å². The van der Waals surface area contributed by atoms with E-state index in [1.807, 2.05) is 58.9 Å². The Balaban J connectivity index is 1.63. The third kappa shape index (κ3) is 8.04. The fraction of sp³-hybridized carbons (Fsp3) is 0.400. The molecule has 212 valence electrons. The second-order valence-electron chi connectivity index (χ2n) is 9.28. The molecule has 1 aromatic heterocycles. The molecule has 1 unspecified atom stereocenters. The third-order valence-electron chi connectivity index (χ3n) is 6.34. The minimum Gasteiger partial charge on any atom is -0.439 e. The van der Waals surface area contributed by atoms with Gasteiger partial charge in [-0.2, -0.15) is 21.4 Å². The molecular weight excluding hydrogens is 680 g/mol. The number of anilines is 1. The number of nitrogens with zero attached hydrogens (tertiary/aromatic N) is 2. The summed E-state index contributed by atoms with van der Waals surface area (Å²) in [6.07, 6.45) is 3.61. The maximum atomic E-state index is 11.3. The van der Waals surface area contributed by atoms with Crippen molar-refractivity contribution >= 4 is 68.9 Å². The van der Waals surface area contributed by atoms with Gasteiger partial charge in [-0.05, 0) is 55.2 Å². The standard InChI is InChI=1S/C25H28Br2N2O8S2/c1-2-17(13-24-28(9-3-11-38(30,31)32)20-15-18(26)5-7-22(20)36-24)14-25-29(10-4-12-39(33,34)35)21-16-19(27)6-8-23(21)37-25/h5-8,13,15-17H,2-4,9-12,14H2,1H3,(H-,30,31,32,33,34,35)/p+1. The highest BCUT2D eigenvalue weighted by atomic mass is 79.9. The summed E-state index contributed by atoms with van der Waals surface area (Å²) in [5, 5.41) is 0. The Morgan fingerprint density at radius 1 is 1.00 bits per heavy atom. The van der Waals surface area contributed by atoms with Gasteiger partial charge in [-0.3, -0.25) is 9.11 Å². The zero-order chi connectivity index (χ0) is 28.4. The predicted molar refractivity (Wildman–Crippen MR) is 154 cm³/mol. The number of hydrogen-bond donors (Lipinski definition) is 2. The monoisotopic (exact) mass is 707 g/mol. The quantitative estimate of drug-likeness (QED) is 0.194. The molecule has 0 fully saturated rings. The van der Waals surface area contributed by atoms with Crippen LogP contribution in [-0.4, -0.2) is 44.0 Å². The highest BCUT2D eigenvalue weighted by molar-refractivity contribution is 9.10. The number of halogens is 2. The molecule has 1 aliphatic heterocycles. The number of benzene rings is 2. The van der Waals surface area contributed by atoms with Crippen molar-refractivity contribution in [3.8, 4) is 5.75 Å². The maximum Gasteiger partial charge on any atom is 0.348 e. The van der Waals surface area contributed by atoms with Gasteiger partial charge in [0.2, 0.25) is 5.58 Å². The molecule has 2 N–H and O–H groups in total. The summed E-state index contributed by atoms with van der Waals surface area (Å²) in [5.74, 6) is 1.08. The molecule has 0 bridgehead atoms. The number of allylic oxidation sites excluding steroid dienone is 1. The molecule has 0 spiro atoms. The van der Waals surface area contributed by atoms with E-state index in [4.69, 9.17) is 9.15 Å². The molecule has 1 aliphatic rings. The molecule has 1 atom stereocenters. The first kappa shape index (κ1) is 30.0. The van der Waals surface area contributed by atoms with Gasteiger partial charge in [-0.15, -0.1) is 0 Å². The van der Waals surface area contributed by atoms with Crippen LogP contribution in [0.15, 0.2) is 61.7 Å². The van der Waals surface area contributed by atoms with E-state index in [0.29, 0.717) is 42.6 Å². The van der Waals surface area contributed by atoms with E-state index >= 15 is 0 Å². The number of hydrogen-bond acceptors (Lipinski definition) is 7. The predicted octanol–water partition coefficient (Wildman–Crippen LogP) is 5.11. The molecule has 0 amide bonds. The molecule has 0 saturated heterocycles. The largest absolute Gasteiger partial charge is 0.439 e. The fourth-order valence-corrected chi connectivity index (χ4v) is 6.17. The van der Waals surface area contributed by atoms with Gasteiger partial charge in [0.25, 0.3) is 25.8 Å². The van der Waals surface area contributed by atoms with Gasteiger partial charge in [0.05, 0.1) is 23.6 Å². The van der Waals surface area contributed by atoms with Crippen molar-refractivity contribution in [3.63, 3.8) is 0 Å². The van der Waals surface area contributed by atoms with Crippen LogP contribution in [0.4, 0.5) is 5.69 Å². The van der Waals surface area contributed by atoms with Crippen LogP contribution in [0, 0.1) is 5.92 Å². The number of ether oxygens (including phenoxy) is 1. The minimum atomic E-state index is -4.09. The summed E-state index contributed by atoms with van der Waals surface area (Å²) in [7, 11) is -8.18. The van der Waals surface area contributed by atoms with Gasteiger partial charge in [0.1, 0.15) is 0 Å². The Kier molecular flexibility index (Phi) is 9.44. The molecule has 10 nitrogen and oxygen atoms in total. The molecule has 3 aromatic rings. The smallest absolute Gasteiger partial charge is 0.348 e. The van der Waals surface area contributed by atoms with Crippen LogP contribution in [0.5, 0.6) is 5.75 Å². The maximum absolute atomic E-state index is 11.3. The second-order valence-corrected chi connectivity index (χ2v) is 14.3. The van der Waals surface area contributed by atoms with E-state index < -0.39 is 20.2 Å². The lowest BCUT2D eigenvalue weighted by Crippen LogP contribution is -2.38. The van der Waals surface area contributed by atoms with Gasteiger partial charge in [-0.1, -0.05) is 38.8 Å². The molecule has 2 heterocycles. The normalized spacial score (nSPS) is 15.6. The molecule has 0 aliphatic carbocycles. The van der Waals surface area contributed by atoms with Gasteiger partial charge in [-0.25, -0.2) is 0 Å². The van der Waals surface area contributed by atoms with Gasteiger partial charge in [0.15, 0.2) is 18.2 Å². The van der Waals surface area contributed by atoms with Crippen LogP contribution in [0.25, 0.3) is 11.1 Å². The van der Waals surface area contributed by atoms with Crippen LogP contribution in [0.1, 0.15) is 32.1 Å². The van der Waals surface area contributed by atoms with E-state index in [9.17, 15) is 25.9 Å². The average Bonchev–Trinajstić information content (AvgIpc) is 3.34. The van der Waals surface area contributed by atoms with Gasteiger partial charge < -0.3 is 14.1 Å². The lowest BCUT2D eigenvalue weighted by Gasteiger charge is -2.19. The molecule has 39 heavy (non-hydrogen) atoms. The summed E-state index contributed by atoms with van der Waals surface area (Å²) in [5.41, 5.74) is 2.25. The minimum absolute atomic E-state index is 0.0429. The third-order valence-corrected chi connectivity index (χ3v) is 8.94. The van der Waals surface area contributed by atoms with Crippen LogP contribution in [-0.2, 0) is 33.2 Å². The average molecular weight is 709 g/mol. The summed E-state index contributed by atoms with van der Waals surface area (Å²) in [4.78, 5) is 1.89. The number of aromatic nitrogens is 1. The molecule has 4 rings (SSSR count). The van der Waals surface area contributed by atoms with E-state index in [2.05, 4.69) is 31.9 Å². The Bertz CT molecular complexity index is 1600. The van der Waals surface area contributed by atoms with Crippen LogP contribution in [0.3, 0.4) is 0 Å². The zero-order valence-electron chi connectivity index (χ0n) is 21.1. The first-order valence-electron chi connectivity index (χ1n) is 12.3. The van der Waals surface area contributed by atoms with Crippen molar-refractivity contribution in [2.24, 2.45) is 5.92 Å². The van der Waals surface area contributed by atoms with E-state index in [1.54, 1.807) is 0 Å². The van der Waals surface area contributed by atoms with Crippen molar-refractivity contribution in [3.05, 3.63) is 63.2 Å². The summed E-state index contributed by atoms with van der Waals surface area (Å²) in [6, 6.07) is 11.2. The van der Waals surface area contributed by atoms with Crippen LogP contribution in [0.2, 0.25) is 0 Å². The van der Waals surface area contributed by atoms with Crippen molar-refractivity contribution in [2.45, 2.75) is 39.2 Å². The Morgan fingerprint density at radius 3 is 2.36 bits per heavy atom. The Morgan fingerprint density at radius 2 is 1.67 bits per heavy atom. The lowest BCUT2D eigenvalue weighted by atomic mass is 10.0. The van der Waals surface area contributed by atoms with Gasteiger partial charge in [0, 0.05) is 28.0 Å². The van der Waals surface area contributed by atoms with Crippen LogP contribution >= 0.6 is 31.9 Å². The molecule has 0 radical (unpaired) electrons. The number of fused-ring (bicyclic) bond motifs is 2. The van der Waals surface area contributed by atoms with Crippen LogP contribution < -0.4 is 14.2 Å².